The molecule has 24 heavy (non-hydrogen) atoms. The standard InChI is InChI=1S/C20H16.2C2H6/c1-13-11-19-18-10-6-4-8-16(18)14(2)12-20(19)17-9-5-3-7-15(13)17;2*1-2/h3-12H,1-2H3;2*1-2H3. The van der Waals surface area contributed by atoms with Crippen molar-refractivity contribution in [3.8, 4) is 0 Å². The Hall–Kier alpha value is -2.34. The van der Waals surface area contributed by atoms with Gasteiger partial charge in [0.05, 0.1) is 0 Å². The Labute approximate surface area is 146 Å². The van der Waals surface area contributed by atoms with Crippen LogP contribution in [0.15, 0.2) is 60.7 Å². The van der Waals surface area contributed by atoms with Crippen molar-refractivity contribution in [1.29, 1.82) is 0 Å². The van der Waals surface area contributed by atoms with E-state index < -0.39 is 0 Å². The molecule has 0 N–H and O–H groups in total. The van der Waals surface area contributed by atoms with Crippen molar-refractivity contribution >= 4 is 32.3 Å². The lowest BCUT2D eigenvalue weighted by atomic mass is 9.92. The number of hydrogen-bond donors (Lipinski definition) is 0. The Morgan fingerprint density at radius 1 is 0.417 bits per heavy atom. The Morgan fingerprint density at radius 2 is 0.708 bits per heavy atom. The highest BCUT2D eigenvalue weighted by Crippen LogP contribution is 2.34. The van der Waals surface area contributed by atoms with Crippen LogP contribution in [0.25, 0.3) is 32.3 Å². The molecule has 124 valence electrons. The van der Waals surface area contributed by atoms with E-state index >= 15 is 0 Å². The molecule has 4 rings (SSSR count). The van der Waals surface area contributed by atoms with Gasteiger partial charge < -0.3 is 0 Å². The summed E-state index contributed by atoms with van der Waals surface area (Å²) >= 11 is 0. The van der Waals surface area contributed by atoms with Gasteiger partial charge >= 0.3 is 0 Å². The average Bonchev–Trinajstić information content (AvgIpc) is 2.67. The van der Waals surface area contributed by atoms with Crippen LogP contribution in [0.2, 0.25) is 0 Å². The van der Waals surface area contributed by atoms with Crippen LogP contribution in [-0.2, 0) is 0 Å². The Morgan fingerprint density at radius 3 is 1.04 bits per heavy atom. The second-order valence-electron chi connectivity index (χ2n) is 5.57. The normalized spacial score (nSPS) is 10.1. The van der Waals surface area contributed by atoms with Crippen LogP contribution >= 0.6 is 0 Å². The first-order valence-electron chi connectivity index (χ1n) is 9.06. The molecule has 0 saturated carbocycles. The van der Waals surface area contributed by atoms with Gasteiger partial charge in [0.15, 0.2) is 0 Å². The summed E-state index contributed by atoms with van der Waals surface area (Å²) in [4.78, 5) is 0. The molecule has 4 aromatic carbocycles. The number of rotatable bonds is 0. The van der Waals surface area contributed by atoms with E-state index in [9.17, 15) is 0 Å². The van der Waals surface area contributed by atoms with Crippen molar-refractivity contribution in [2.24, 2.45) is 0 Å². The molecule has 0 bridgehead atoms. The van der Waals surface area contributed by atoms with Gasteiger partial charge in [0.2, 0.25) is 0 Å². The van der Waals surface area contributed by atoms with E-state index in [1.807, 2.05) is 27.7 Å². The summed E-state index contributed by atoms with van der Waals surface area (Å²) in [5.74, 6) is 0. The minimum Gasteiger partial charge on any atom is -0.0683 e. The second-order valence-corrected chi connectivity index (χ2v) is 5.57. The smallest absolute Gasteiger partial charge is 0.00961 e. The molecular weight excluding hydrogens is 288 g/mol. The molecule has 0 aromatic heterocycles. The van der Waals surface area contributed by atoms with Gasteiger partial charge in [-0.05, 0) is 57.3 Å². The lowest BCUT2D eigenvalue weighted by molar-refractivity contribution is 1.50. The van der Waals surface area contributed by atoms with Crippen molar-refractivity contribution < 1.29 is 0 Å². The van der Waals surface area contributed by atoms with Gasteiger partial charge in [-0.1, -0.05) is 88.4 Å². The first kappa shape index (κ1) is 18.0. The predicted molar refractivity (Wildman–Crippen MR) is 111 cm³/mol. The SMILES string of the molecule is CC.CC.Cc1cc2c3ccccc3c(C)cc2c2ccccc12. The predicted octanol–water partition coefficient (Wildman–Crippen LogP) is 7.82. The Kier molecular flexibility index (Phi) is 5.98. The van der Waals surface area contributed by atoms with Gasteiger partial charge in [0.25, 0.3) is 0 Å². The van der Waals surface area contributed by atoms with Gasteiger partial charge in [-0.25, -0.2) is 0 Å². The molecule has 0 amide bonds. The Bertz CT molecular complexity index is 881. The molecule has 0 heteroatoms. The number of hydrogen-bond acceptors (Lipinski definition) is 0. The molecule has 0 unspecified atom stereocenters. The van der Waals surface area contributed by atoms with E-state index in [4.69, 9.17) is 0 Å². The molecule has 0 fully saturated rings. The van der Waals surface area contributed by atoms with E-state index in [0.29, 0.717) is 0 Å². The fraction of sp³-hybridized carbons (Fsp3) is 0.250. The van der Waals surface area contributed by atoms with Crippen LogP contribution in [0.1, 0.15) is 38.8 Å². The van der Waals surface area contributed by atoms with E-state index in [0.717, 1.165) is 0 Å². The van der Waals surface area contributed by atoms with E-state index in [2.05, 4.69) is 74.5 Å². The highest BCUT2D eigenvalue weighted by molar-refractivity contribution is 6.18. The van der Waals surface area contributed by atoms with Crippen LogP contribution in [0.3, 0.4) is 0 Å². The fourth-order valence-corrected chi connectivity index (χ4v) is 3.31. The van der Waals surface area contributed by atoms with Crippen molar-refractivity contribution in [3.63, 3.8) is 0 Å². The molecule has 0 spiro atoms. The molecule has 0 heterocycles. The van der Waals surface area contributed by atoms with Crippen molar-refractivity contribution in [2.75, 3.05) is 0 Å². The van der Waals surface area contributed by atoms with Crippen LogP contribution in [0, 0.1) is 13.8 Å². The molecule has 0 nitrogen and oxygen atoms in total. The van der Waals surface area contributed by atoms with E-state index in [1.54, 1.807) is 0 Å². The summed E-state index contributed by atoms with van der Waals surface area (Å²) in [6, 6.07) is 22.1. The zero-order valence-electron chi connectivity index (χ0n) is 15.8. The third-order valence-corrected chi connectivity index (χ3v) is 4.30. The average molecular weight is 316 g/mol. The lowest BCUT2D eigenvalue weighted by Gasteiger charge is -2.12. The zero-order valence-corrected chi connectivity index (χ0v) is 15.8. The third kappa shape index (κ3) is 3.01. The second kappa shape index (κ2) is 7.97. The molecule has 4 aromatic rings. The third-order valence-electron chi connectivity index (χ3n) is 4.30. The van der Waals surface area contributed by atoms with Crippen molar-refractivity contribution in [2.45, 2.75) is 41.5 Å². The molecule has 0 aliphatic heterocycles. The Balaban J connectivity index is 0.000000487. The monoisotopic (exact) mass is 316 g/mol. The van der Waals surface area contributed by atoms with Crippen LogP contribution < -0.4 is 0 Å². The highest BCUT2D eigenvalue weighted by atomic mass is 14.1. The fourth-order valence-electron chi connectivity index (χ4n) is 3.31. The zero-order chi connectivity index (χ0) is 17.7. The van der Waals surface area contributed by atoms with Crippen molar-refractivity contribution in [1.82, 2.24) is 0 Å². The molecule has 0 atom stereocenters. The van der Waals surface area contributed by atoms with Gasteiger partial charge in [-0.15, -0.1) is 0 Å². The minimum absolute atomic E-state index is 1.35. The van der Waals surface area contributed by atoms with Crippen molar-refractivity contribution in [3.05, 3.63) is 71.8 Å². The summed E-state index contributed by atoms with van der Waals surface area (Å²) in [6.07, 6.45) is 0. The first-order chi connectivity index (χ1) is 11.8. The first-order valence-corrected chi connectivity index (χ1v) is 9.06. The van der Waals surface area contributed by atoms with Gasteiger partial charge in [0.1, 0.15) is 0 Å². The molecule has 0 aliphatic carbocycles. The summed E-state index contributed by atoms with van der Waals surface area (Å²) in [6.45, 7) is 12.4. The van der Waals surface area contributed by atoms with Crippen LogP contribution in [0.5, 0.6) is 0 Å². The summed E-state index contributed by atoms with van der Waals surface area (Å²) < 4.78 is 0. The van der Waals surface area contributed by atoms with Gasteiger partial charge in [-0.2, -0.15) is 0 Å². The number of fused-ring (bicyclic) bond motifs is 5. The van der Waals surface area contributed by atoms with Gasteiger partial charge in [0, 0.05) is 0 Å². The largest absolute Gasteiger partial charge is 0.0683 e. The molecular formula is C24H28. The van der Waals surface area contributed by atoms with Crippen LogP contribution in [0.4, 0.5) is 0 Å². The maximum absolute atomic E-state index is 2.33. The number of aryl methyl sites for hydroxylation is 2. The van der Waals surface area contributed by atoms with E-state index in [1.165, 1.54) is 43.4 Å². The topological polar surface area (TPSA) is 0 Å². The molecule has 0 radical (unpaired) electrons. The van der Waals surface area contributed by atoms with E-state index in [-0.39, 0.29) is 0 Å². The molecule has 0 aliphatic rings. The quantitative estimate of drug-likeness (QED) is 0.290. The number of benzene rings is 4. The lowest BCUT2D eigenvalue weighted by Crippen LogP contribution is -1.86. The van der Waals surface area contributed by atoms with Gasteiger partial charge in [-0.3, -0.25) is 0 Å². The minimum atomic E-state index is 1.35. The summed E-state index contributed by atoms with van der Waals surface area (Å²) in [7, 11) is 0. The maximum Gasteiger partial charge on any atom is -0.00961 e. The van der Waals surface area contributed by atoms with Crippen LogP contribution in [-0.4, -0.2) is 0 Å². The molecule has 0 saturated heterocycles. The summed E-state index contributed by atoms with van der Waals surface area (Å²) in [5, 5.41) is 8.15. The highest BCUT2D eigenvalue weighted by Gasteiger charge is 2.08. The summed E-state index contributed by atoms with van der Waals surface area (Å²) in [5.41, 5.74) is 2.70. The maximum atomic E-state index is 2.33.